The fraction of sp³-hybridized carbons (Fsp3) is 0.304. The largest absolute Gasteiger partial charge is 0.488 e. The summed E-state index contributed by atoms with van der Waals surface area (Å²) in [7, 11) is 3.80. The molecule has 28 heavy (non-hydrogen) atoms. The SMILES string of the molecule is CN(C)/N=C(\c1ccccc1OCc1ccc(C(C)(C)C)cc1)n1ccnc1. The molecule has 0 aliphatic carbocycles. The van der Waals surface area contributed by atoms with Gasteiger partial charge in [-0.25, -0.2) is 4.98 Å². The smallest absolute Gasteiger partial charge is 0.168 e. The molecule has 1 heterocycles. The number of imidazole rings is 1. The number of rotatable bonds is 5. The quantitative estimate of drug-likeness (QED) is 0.373. The van der Waals surface area contributed by atoms with E-state index in [1.807, 2.05) is 49.1 Å². The van der Waals surface area contributed by atoms with E-state index in [0.717, 1.165) is 22.7 Å². The van der Waals surface area contributed by atoms with Crippen molar-refractivity contribution in [1.29, 1.82) is 0 Å². The predicted octanol–water partition coefficient (Wildman–Crippen LogP) is 4.53. The van der Waals surface area contributed by atoms with Gasteiger partial charge < -0.3 is 9.75 Å². The van der Waals surface area contributed by atoms with Crippen molar-refractivity contribution in [2.45, 2.75) is 32.8 Å². The van der Waals surface area contributed by atoms with Crippen LogP contribution in [0.25, 0.3) is 0 Å². The Morgan fingerprint density at radius 2 is 1.79 bits per heavy atom. The molecular formula is C23H28N4O. The van der Waals surface area contributed by atoms with Crippen LogP contribution >= 0.6 is 0 Å². The van der Waals surface area contributed by atoms with Crippen molar-refractivity contribution in [2.75, 3.05) is 14.1 Å². The third kappa shape index (κ3) is 4.80. The minimum absolute atomic E-state index is 0.147. The average Bonchev–Trinajstić information content (AvgIpc) is 3.19. The van der Waals surface area contributed by atoms with E-state index in [2.05, 4.69) is 55.1 Å². The first-order valence-corrected chi connectivity index (χ1v) is 9.40. The van der Waals surface area contributed by atoms with Crippen LogP contribution in [-0.4, -0.2) is 34.5 Å². The lowest BCUT2D eigenvalue weighted by Crippen LogP contribution is -2.18. The molecule has 0 aliphatic heterocycles. The number of aromatic nitrogens is 2. The number of nitrogens with zero attached hydrogens (tertiary/aromatic N) is 4. The van der Waals surface area contributed by atoms with Crippen molar-refractivity contribution in [3.8, 4) is 5.75 Å². The monoisotopic (exact) mass is 376 g/mol. The van der Waals surface area contributed by atoms with Crippen LogP contribution in [0.1, 0.15) is 37.5 Å². The summed E-state index contributed by atoms with van der Waals surface area (Å²) in [5, 5.41) is 6.41. The van der Waals surface area contributed by atoms with E-state index in [1.165, 1.54) is 5.56 Å². The molecular weight excluding hydrogens is 348 g/mol. The van der Waals surface area contributed by atoms with Gasteiger partial charge in [0.15, 0.2) is 5.84 Å². The van der Waals surface area contributed by atoms with Gasteiger partial charge in [0.2, 0.25) is 0 Å². The van der Waals surface area contributed by atoms with Crippen LogP contribution in [-0.2, 0) is 12.0 Å². The first-order valence-electron chi connectivity index (χ1n) is 9.40. The maximum absolute atomic E-state index is 6.18. The minimum atomic E-state index is 0.147. The summed E-state index contributed by atoms with van der Waals surface area (Å²) < 4.78 is 8.07. The van der Waals surface area contributed by atoms with E-state index in [-0.39, 0.29) is 5.41 Å². The molecule has 0 saturated heterocycles. The Bertz CT molecular complexity index is 920. The second-order valence-electron chi connectivity index (χ2n) is 7.97. The van der Waals surface area contributed by atoms with Gasteiger partial charge in [0.1, 0.15) is 18.7 Å². The summed E-state index contributed by atoms with van der Waals surface area (Å²) >= 11 is 0. The fourth-order valence-corrected chi connectivity index (χ4v) is 2.86. The van der Waals surface area contributed by atoms with E-state index in [1.54, 1.807) is 17.5 Å². The van der Waals surface area contributed by atoms with Crippen LogP contribution < -0.4 is 4.74 Å². The van der Waals surface area contributed by atoms with Crippen molar-refractivity contribution < 1.29 is 4.74 Å². The third-order valence-electron chi connectivity index (χ3n) is 4.39. The molecule has 0 N–H and O–H groups in total. The van der Waals surface area contributed by atoms with Crippen molar-refractivity contribution in [3.63, 3.8) is 0 Å². The van der Waals surface area contributed by atoms with E-state index in [9.17, 15) is 0 Å². The summed E-state index contributed by atoms with van der Waals surface area (Å²) in [6, 6.07) is 16.6. The summed E-state index contributed by atoms with van der Waals surface area (Å²) in [6.07, 6.45) is 5.36. The van der Waals surface area contributed by atoms with E-state index < -0.39 is 0 Å². The number of hydrogen-bond acceptors (Lipinski definition) is 4. The molecule has 0 amide bonds. The molecule has 1 aromatic heterocycles. The highest BCUT2D eigenvalue weighted by molar-refractivity contribution is 6.02. The highest BCUT2D eigenvalue weighted by atomic mass is 16.5. The van der Waals surface area contributed by atoms with Gasteiger partial charge in [-0.2, -0.15) is 5.10 Å². The van der Waals surface area contributed by atoms with Crippen LogP contribution in [0.2, 0.25) is 0 Å². The Morgan fingerprint density at radius 3 is 2.39 bits per heavy atom. The first kappa shape index (κ1) is 19.7. The Balaban J connectivity index is 1.84. The molecule has 3 rings (SSSR count). The maximum Gasteiger partial charge on any atom is 0.168 e. The van der Waals surface area contributed by atoms with Gasteiger partial charge in [0, 0.05) is 26.5 Å². The van der Waals surface area contributed by atoms with Gasteiger partial charge >= 0.3 is 0 Å². The van der Waals surface area contributed by atoms with Crippen LogP contribution in [0.15, 0.2) is 72.4 Å². The molecule has 0 radical (unpaired) electrons. The molecule has 0 atom stereocenters. The van der Waals surface area contributed by atoms with E-state index in [4.69, 9.17) is 4.74 Å². The molecule has 3 aromatic rings. The minimum Gasteiger partial charge on any atom is -0.488 e. The molecule has 0 aliphatic rings. The second kappa shape index (κ2) is 8.30. The Morgan fingerprint density at radius 1 is 1.07 bits per heavy atom. The molecule has 2 aromatic carbocycles. The van der Waals surface area contributed by atoms with Crippen molar-refractivity contribution in [2.24, 2.45) is 5.10 Å². The van der Waals surface area contributed by atoms with Gasteiger partial charge in [0.25, 0.3) is 0 Å². The van der Waals surface area contributed by atoms with Gasteiger partial charge in [-0.1, -0.05) is 57.2 Å². The highest BCUT2D eigenvalue weighted by Gasteiger charge is 2.15. The Kier molecular flexibility index (Phi) is 5.83. The average molecular weight is 377 g/mol. The Hall–Kier alpha value is -3.08. The lowest BCUT2D eigenvalue weighted by atomic mass is 9.87. The predicted molar refractivity (Wildman–Crippen MR) is 114 cm³/mol. The number of para-hydroxylation sites is 1. The molecule has 0 bridgehead atoms. The zero-order valence-corrected chi connectivity index (χ0v) is 17.3. The summed E-state index contributed by atoms with van der Waals surface area (Å²) in [5.74, 6) is 1.55. The third-order valence-corrected chi connectivity index (χ3v) is 4.39. The molecule has 0 spiro atoms. The molecule has 0 saturated carbocycles. The zero-order valence-electron chi connectivity index (χ0n) is 17.3. The summed E-state index contributed by atoms with van der Waals surface area (Å²) in [5.41, 5.74) is 3.52. The number of ether oxygens (including phenoxy) is 1. The van der Waals surface area contributed by atoms with E-state index >= 15 is 0 Å². The summed E-state index contributed by atoms with van der Waals surface area (Å²) in [6.45, 7) is 7.16. The Labute approximate surface area is 167 Å². The molecule has 146 valence electrons. The van der Waals surface area contributed by atoms with Crippen molar-refractivity contribution in [1.82, 2.24) is 14.6 Å². The van der Waals surface area contributed by atoms with Crippen molar-refractivity contribution in [3.05, 3.63) is 83.9 Å². The standard InChI is InChI=1S/C23H28N4O/c1-23(2,3)19-12-10-18(11-13-19)16-28-21-9-7-6-8-20(21)22(25-26(4)5)27-15-14-24-17-27/h6-15,17H,16H2,1-5H3/b25-22+. The topological polar surface area (TPSA) is 42.6 Å². The molecule has 5 nitrogen and oxygen atoms in total. The van der Waals surface area contributed by atoms with Crippen LogP contribution in [0.5, 0.6) is 5.75 Å². The van der Waals surface area contributed by atoms with Gasteiger partial charge in [-0.3, -0.25) is 4.57 Å². The number of hydrazone groups is 1. The summed E-state index contributed by atoms with van der Waals surface area (Å²) in [4.78, 5) is 4.15. The van der Waals surface area contributed by atoms with Crippen LogP contribution in [0.4, 0.5) is 0 Å². The van der Waals surface area contributed by atoms with Gasteiger partial charge in [0.05, 0.1) is 5.56 Å². The van der Waals surface area contributed by atoms with E-state index in [0.29, 0.717) is 6.61 Å². The lowest BCUT2D eigenvalue weighted by molar-refractivity contribution is 0.305. The van der Waals surface area contributed by atoms with Crippen LogP contribution in [0, 0.1) is 0 Å². The molecule has 5 heteroatoms. The number of hydrogen-bond donors (Lipinski definition) is 0. The van der Waals surface area contributed by atoms with Crippen LogP contribution in [0.3, 0.4) is 0 Å². The van der Waals surface area contributed by atoms with Crippen molar-refractivity contribution >= 4 is 5.84 Å². The second-order valence-corrected chi connectivity index (χ2v) is 7.97. The maximum atomic E-state index is 6.18. The fourth-order valence-electron chi connectivity index (χ4n) is 2.86. The zero-order chi connectivity index (χ0) is 20.1. The van der Waals surface area contributed by atoms with Gasteiger partial charge in [-0.05, 0) is 28.7 Å². The van der Waals surface area contributed by atoms with Gasteiger partial charge in [-0.15, -0.1) is 0 Å². The number of benzene rings is 2. The molecule has 0 fully saturated rings. The lowest BCUT2D eigenvalue weighted by Gasteiger charge is -2.19. The first-order chi connectivity index (χ1) is 13.3. The normalized spacial score (nSPS) is 12.1. The highest BCUT2D eigenvalue weighted by Crippen LogP contribution is 2.24. The molecule has 0 unspecified atom stereocenters.